The van der Waals surface area contributed by atoms with Gasteiger partial charge in [0.1, 0.15) is 0 Å². The molecule has 0 amide bonds. The predicted octanol–water partition coefficient (Wildman–Crippen LogP) is 2.58. The van der Waals surface area contributed by atoms with Crippen molar-refractivity contribution < 1.29 is 14.2 Å². The lowest BCUT2D eigenvalue weighted by Crippen LogP contribution is -2.11. The van der Waals surface area contributed by atoms with Crippen LogP contribution in [0.5, 0.6) is 17.2 Å². The zero-order valence-corrected chi connectivity index (χ0v) is 15.5. The quantitative estimate of drug-likeness (QED) is 0.527. The molecule has 2 N–H and O–H groups in total. The summed E-state index contributed by atoms with van der Waals surface area (Å²) in [6.07, 6.45) is 3.12. The van der Waals surface area contributed by atoms with Crippen molar-refractivity contribution in [2.75, 3.05) is 26.3 Å². The van der Waals surface area contributed by atoms with Gasteiger partial charge in [-0.2, -0.15) is 5.10 Å². The maximum atomic E-state index is 11.6. The topological polar surface area (TPSA) is 97.8 Å². The molecule has 2 aromatic rings. The highest BCUT2D eigenvalue weighted by molar-refractivity contribution is 5.82. The molecule has 0 radical (unpaired) electrons. The number of aromatic nitrogens is 2. The molecule has 2 rings (SSSR count). The highest BCUT2D eigenvalue weighted by Crippen LogP contribution is 2.38. The fourth-order valence-corrected chi connectivity index (χ4v) is 2.23. The van der Waals surface area contributed by atoms with E-state index >= 15 is 0 Å². The molecule has 1 aromatic heterocycles. The van der Waals surface area contributed by atoms with Crippen LogP contribution >= 0.6 is 0 Å². The highest BCUT2D eigenvalue weighted by atomic mass is 16.5. The molecule has 0 saturated carbocycles. The molecule has 1 aromatic carbocycles. The van der Waals surface area contributed by atoms with E-state index in [-0.39, 0.29) is 11.5 Å². The number of aromatic amines is 1. The minimum Gasteiger partial charge on any atom is -0.493 e. The molecule has 0 spiro atoms. The number of ether oxygens (including phenoxy) is 3. The van der Waals surface area contributed by atoms with Crippen LogP contribution in [-0.2, 0) is 6.42 Å². The van der Waals surface area contributed by atoms with E-state index in [1.165, 1.54) is 6.07 Å². The van der Waals surface area contributed by atoms with Crippen LogP contribution in [0.15, 0.2) is 28.1 Å². The molecule has 0 aliphatic carbocycles. The third-order valence-corrected chi connectivity index (χ3v) is 3.47. The number of benzene rings is 1. The number of H-pyrrole nitrogens is 1. The first-order chi connectivity index (χ1) is 12.6. The van der Waals surface area contributed by atoms with Crippen LogP contribution in [0.2, 0.25) is 0 Å². The van der Waals surface area contributed by atoms with Crippen LogP contribution in [0.1, 0.15) is 31.5 Å². The van der Waals surface area contributed by atoms with E-state index in [2.05, 4.69) is 20.5 Å². The molecule has 26 heavy (non-hydrogen) atoms. The van der Waals surface area contributed by atoms with Gasteiger partial charge in [-0.3, -0.25) is 9.78 Å². The Balaban J connectivity index is 2.22. The maximum Gasteiger partial charge on any atom is 0.252 e. The lowest BCUT2D eigenvalue weighted by molar-refractivity contribution is 0.275. The molecular weight excluding hydrogens is 336 g/mol. The lowest BCUT2D eigenvalue weighted by atomic mass is 10.2. The maximum absolute atomic E-state index is 11.6. The smallest absolute Gasteiger partial charge is 0.252 e. The Bertz CT molecular complexity index is 792. The highest BCUT2D eigenvalue weighted by Gasteiger charge is 2.13. The summed E-state index contributed by atoms with van der Waals surface area (Å²) in [5.74, 6) is 1.95. The molecule has 8 heteroatoms. The first-order valence-corrected chi connectivity index (χ1v) is 8.39. The van der Waals surface area contributed by atoms with E-state index in [0.29, 0.717) is 36.0 Å². The summed E-state index contributed by atoms with van der Waals surface area (Å²) >= 11 is 0. The zero-order chi connectivity index (χ0) is 18.9. The van der Waals surface area contributed by atoms with Crippen molar-refractivity contribution in [2.45, 2.75) is 26.7 Å². The van der Waals surface area contributed by atoms with Gasteiger partial charge in [0.15, 0.2) is 11.5 Å². The number of methoxy groups -OCH3 is 2. The Kier molecular flexibility index (Phi) is 7.02. The van der Waals surface area contributed by atoms with E-state index in [1.807, 2.05) is 13.8 Å². The second-order valence-corrected chi connectivity index (χ2v) is 5.41. The van der Waals surface area contributed by atoms with E-state index in [9.17, 15) is 4.79 Å². The third-order valence-electron chi connectivity index (χ3n) is 3.47. The molecule has 0 aliphatic heterocycles. The molecular formula is C18H24N4O4. The third kappa shape index (κ3) is 4.98. The summed E-state index contributed by atoms with van der Waals surface area (Å²) < 4.78 is 16.5. The molecule has 0 unspecified atom stereocenters. The number of hydrazone groups is 1. The summed E-state index contributed by atoms with van der Waals surface area (Å²) in [6, 6.07) is 5.04. The first-order valence-electron chi connectivity index (χ1n) is 8.39. The second kappa shape index (κ2) is 9.45. The number of hydrogen-bond donors (Lipinski definition) is 2. The van der Waals surface area contributed by atoms with E-state index in [1.54, 1.807) is 32.6 Å². The van der Waals surface area contributed by atoms with Crippen LogP contribution in [0, 0.1) is 0 Å². The zero-order valence-electron chi connectivity index (χ0n) is 15.5. The van der Waals surface area contributed by atoms with Gasteiger partial charge in [0.25, 0.3) is 5.56 Å². The summed E-state index contributed by atoms with van der Waals surface area (Å²) in [7, 11) is 3.13. The number of rotatable bonds is 9. The van der Waals surface area contributed by atoms with Gasteiger partial charge in [0.2, 0.25) is 11.7 Å². The van der Waals surface area contributed by atoms with E-state index in [4.69, 9.17) is 14.2 Å². The normalized spacial score (nSPS) is 10.8. The van der Waals surface area contributed by atoms with Gasteiger partial charge in [0.05, 0.1) is 27.0 Å². The van der Waals surface area contributed by atoms with Crippen molar-refractivity contribution in [3.05, 3.63) is 39.8 Å². The van der Waals surface area contributed by atoms with Gasteiger partial charge in [-0.15, -0.1) is 0 Å². The fraction of sp³-hybridized carbons (Fsp3) is 0.389. The SMILES string of the molecule is CCCOc1c(OC)cc(/C=N\Nc2nc(CC)cc(=O)[nH]2)cc1OC. The monoisotopic (exact) mass is 360 g/mol. The summed E-state index contributed by atoms with van der Waals surface area (Å²) in [5.41, 5.74) is 3.92. The molecule has 8 nitrogen and oxygen atoms in total. The van der Waals surface area contributed by atoms with Gasteiger partial charge >= 0.3 is 0 Å². The number of nitrogens with one attached hydrogen (secondary N) is 2. The van der Waals surface area contributed by atoms with Gasteiger partial charge in [-0.1, -0.05) is 13.8 Å². The minimum absolute atomic E-state index is 0.227. The number of aryl methyl sites for hydroxylation is 1. The average Bonchev–Trinajstić information content (AvgIpc) is 2.65. The summed E-state index contributed by atoms with van der Waals surface area (Å²) in [4.78, 5) is 18.4. The Morgan fingerprint density at radius 2 is 1.88 bits per heavy atom. The number of anilines is 1. The van der Waals surface area contributed by atoms with Gasteiger partial charge in [-0.25, -0.2) is 10.4 Å². The van der Waals surface area contributed by atoms with Crippen LogP contribution in [0.25, 0.3) is 0 Å². The Morgan fingerprint density at radius 3 is 2.46 bits per heavy atom. The molecule has 0 fully saturated rings. The lowest BCUT2D eigenvalue weighted by Gasteiger charge is -2.14. The predicted molar refractivity (Wildman–Crippen MR) is 101 cm³/mol. The molecule has 0 aliphatic rings. The first kappa shape index (κ1) is 19.3. The van der Waals surface area contributed by atoms with Gasteiger partial charge in [-0.05, 0) is 25.0 Å². The van der Waals surface area contributed by atoms with Gasteiger partial charge < -0.3 is 14.2 Å². The number of hydrogen-bond acceptors (Lipinski definition) is 7. The van der Waals surface area contributed by atoms with Crippen molar-refractivity contribution in [1.29, 1.82) is 0 Å². The van der Waals surface area contributed by atoms with Crippen LogP contribution in [0.4, 0.5) is 5.95 Å². The van der Waals surface area contributed by atoms with Crippen molar-refractivity contribution in [3.63, 3.8) is 0 Å². The average molecular weight is 360 g/mol. The molecule has 1 heterocycles. The standard InChI is InChI=1S/C18H24N4O4/c1-5-7-26-17-14(24-3)8-12(9-15(17)25-4)11-19-22-18-20-13(6-2)10-16(23)21-18/h8-11H,5-7H2,1-4H3,(H2,20,21,22,23)/b19-11-. The fourth-order valence-electron chi connectivity index (χ4n) is 2.23. The molecule has 0 bridgehead atoms. The Morgan fingerprint density at radius 1 is 1.19 bits per heavy atom. The van der Waals surface area contributed by atoms with Crippen molar-refractivity contribution in [1.82, 2.24) is 9.97 Å². The van der Waals surface area contributed by atoms with Gasteiger partial charge in [0, 0.05) is 17.3 Å². The number of nitrogens with zero attached hydrogens (tertiary/aromatic N) is 2. The Hall–Kier alpha value is -3.03. The summed E-state index contributed by atoms with van der Waals surface area (Å²) in [6.45, 7) is 4.52. The summed E-state index contributed by atoms with van der Waals surface area (Å²) in [5, 5.41) is 4.11. The Labute approximate surface area is 152 Å². The molecule has 140 valence electrons. The second-order valence-electron chi connectivity index (χ2n) is 5.41. The van der Waals surface area contributed by atoms with E-state index in [0.717, 1.165) is 12.0 Å². The minimum atomic E-state index is -0.227. The van der Waals surface area contributed by atoms with Crippen LogP contribution in [0.3, 0.4) is 0 Å². The van der Waals surface area contributed by atoms with Crippen molar-refractivity contribution in [2.24, 2.45) is 5.10 Å². The molecule has 0 saturated heterocycles. The molecule has 0 atom stereocenters. The van der Waals surface area contributed by atoms with Crippen molar-refractivity contribution in [3.8, 4) is 17.2 Å². The van der Waals surface area contributed by atoms with Crippen LogP contribution < -0.4 is 25.2 Å². The van der Waals surface area contributed by atoms with E-state index < -0.39 is 0 Å². The van der Waals surface area contributed by atoms with Crippen LogP contribution in [-0.4, -0.2) is 37.0 Å². The van der Waals surface area contributed by atoms with Crippen molar-refractivity contribution >= 4 is 12.2 Å². The largest absolute Gasteiger partial charge is 0.493 e.